The van der Waals surface area contributed by atoms with Gasteiger partial charge in [-0.3, -0.25) is 9.59 Å². The lowest BCUT2D eigenvalue weighted by atomic mass is 10.1. The average molecular weight is 300 g/mol. The minimum absolute atomic E-state index is 0.0890. The molecule has 0 heterocycles. The van der Waals surface area contributed by atoms with Gasteiger partial charge in [-0.1, -0.05) is 36.4 Å². The number of halogens is 1. The molecule has 0 bridgehead atoms. The van der Waals surface area contributed by atoms with Crippen molar-refractivity contribution in [1.29, 1.82) is 0 Å². The molecular weight excluding hydrogens is 283 g/mol. The second kappa shape index (κ2) is 7.36. The number of aryl methyl sites for hydroxylation is 1. The van der Waals surface area contributed by atoms with Gasteiger partial charge < -0.3 is 10.6 Å². The molecule has 2 N–H and O–H groups in total. The van der Waals surface area contributed by atoms with Crippen molar-refractivity contribution >= 4 is 11.8 Å². The van der Waals surface area contributed by atoms with Crippen molar-refractivity contribution in [1.82, 2.24) is 10.6 Å². The summed E-state index contributed by atoms with van der Waals surface area (Å²) in [6.45, 7) is 1.76. The summed E-state index contributed by atoms with van der Waals surface area (Å²) in [7, 11) is 0. The van der Waals surface area contributed by atoms with Gasteiger partial charge in [-0.05, 0) is 24.6 Å². The fourth-order valence-electron chi connectivity index (χ4n) is 1.98. The maximum Gasteiger partial charge on any atom is 0.251 e. The molecule has 22 heavy (non-hydrogen) atoms. The Morgan fingerprint density at radius 1 is 1.00 bits per heavy atom. The summed E-state index contributed by atoms with van der Waals surface area (Å²) in [5.41, 5.74) is 1.78. The monoisotopic (exact) mass is 300 g/mol. The number of hydrogen-bond acceptors (Lipinski definition) is 2. The van der Waals surface area contributed by atoms with Gasteiger partial charge >= 0.3 is 0 Å². The van der Waals surface area contributed by atoms with E-state index in [-0.39, 0.29) is 30.7 Å². The molecule has 0 aliphatic carbocycles. The zero-order valence-corrected chi connectivity index (χ0v) is 12.2. The zero-order valence-electron chi connectivity index (χ0n) is 12.2. The van der Waals surface area contributed by atoms with Gasteiger partial charge in [0.2, 0.25) is 5.91 Å². The molecule has 0 saturated heterocycles. The molecule has 0 atom stereocenters. The lowest BCUT2D eigenvalue weighted by Gasteiger charge is -2.09. The number of nitrogens with one attached hydrogen (secondary N) is 2. The maximum absolute atomic E-state index is 13.4. The van der Waals surface area contributed by atoms with Gasteiger partial charge in [0.05, 0.1) is 6.54 Å². The number of benzene rings is 2. The minimum Gasteiger partial charge on any atom is -0.350 e. The van der Waals surface area contributed by atoms with Gasteiger partial charge in [-0.15, -0.1) is 0 Å². The van der Waals surface area contributed by atoms with E-state index in [9.17, 15) is 14.0 Å². The molecule has 0 saturated carbocycles. The second-order valence-electron chi connectivity index (χ2n) is 4.87. The van der Waals surface area contributed by atoms with Crippen LogP contribution in [0.25, 0.3) is 0 Å². The van der Waals surface area contributed by atoms with E-state index in [4.69, 9.17) is 0 Å². The van der Waals surface area contributed by atoms with Gasteiger partial charge in [0.1, 0.15) is 5.82 Å². The molecule has 4 nitrogen and oxygen atoms in total. The number of rotatable bonds is 5. The molecule has 5 heteroatoms. The largest absolute Gasteiger partial charge is 0.350 e. The summed E-state index contributed by atoms with van der Waals surface area (Å²) < 4.78 is 13.4. The molecule has 0 aromatic heterocycles. The van der Waals surface area contributed by atoms with Crippen LogP contribution in [0.4, 0.5) is 4.39 Å². The Balaban J connectivity index is 1.82. The first-order chi connectivity index (χ1) is 10.6. The molecule has 2 aromatic rings. The van der Waals surface area contributed by atoms with Crippen LogP contribution in [0.2, 0.25) is 0 Å². The van der Waals surface area contributed by atoms with Crippen molar-refractivity contribution in [3.05, 3.63) is 71.0 Å². The van der Waals surface area contributed by atoms with Crippen LogP contribution in [-0.4, -0.2) is 18.4 Å². The van der Waals surface area contributed by atoms with Crippen LogP contribution in [0.1, 0.15) is 21.5 Å². The second-order valence-corrected chi connectivity index (χ2v) is 4.87. The lowest BCUT2D eigenvalue weighted by Crippen LogP contribution is -2.36. The topological polar surface area (TPSA) is 58.2 Å². The van der Waals surface area contributed by atoms with Crippen molar-refractivity contribution in [2.24, 2.45) is 0 Å². The van der Waals surface area contributed by atoms with Crippen molar-refractivity contribution < 1.29 is 14.0 Å². The minimum atomic E-state index is -0.370. The number of amides is 2. The van der Waals surface area contributed by atoms with E-state index in [1.54, 1.807) is 30.3 Å². The average Bonchev–Trinajstić information content (AvgIpc) is 2.52. The number of carbonyl (C=O) groups is 2. The van der Waals surface area contributed by atoms with Crippen LogP contribution in [0.15, 0.2) is 48.5 Å². The first-order valence-corrected chi connectivity index (χ1v) is 6.92. The third-order valence-electron chi connectivity index (χ3n) is 3.23. The molecule has 114 valence electrons. The van der Waals surface area contributed by atoms with Crippen LogP contribution >= 0.6 is 0 Å². The van der Waals surface area contributed by atoms with Crippen LogP contribution in [0.5, 0.6) is 0 Å². The van der Waals surface area contributed by atoms with E-state index in [1.165, 1.54) is 6.07 Å². The summed E-state index contributed by atoms with van der Waals surface area (Å²) in [6, 6.07) is 13.3. The molecule has 0 spiro atoms. The Morgan fingerprint density at radius 3 is 2.41 bits per heavy atom. The Labute approximate surface area is 128 Å². The highest BCUT2D eigenvalue weighted by Gasteiger charge is 2.10. The summed E-state index contributed by atoms with van der Waals surface area (Å²) >= 11 is 0. The van der Waals surface area contributed by atoms with Gasteiger partial charge in [-0.25, -0.2) is 4.39 Å². The van der Waals surface area contributed by atoms with Crippen LogP contribution in [-0.2, 0) is 11.3 Å². The van der Waals surface area contributed by atoms with Crippen LogP contribution in [0, 0.1) is 12.7 Å². The standard InChI is InChI=1S/C17H17FN2O2/c1-12-6-2-4-8-14(12)17(22)20-11-16(21)19-10-13-7-3-5-9-15(13)18/h2-9H,10-11H2,1H3,(H,19,21)(H,20,22). The van der Waals surface area contributed by atoms with E-state index >= 15 is 0 Å². The quantitative estimate of drug-likeness (QED) is 0.889. The van der Waals surface area contributed by atoms with Gasteiger partial charge in [0.25, 0.3) is 5.91 Å². The Kier molecular flexibility index (Phi) is 5.25. The van der Waals surface area contributed by atoms with Gasteiger partial charge in [0, 0.05) is 17.7 Å². The van der Waals surface area contributed by atoms with Crippen molar-refractivity contribution in [2.45, 2.75) is 13.5 Å². The Bertz CT molecular complexity index is 686. The molecule has 0 fully saturated rings. The molecule has 2 rings (SSSR count). The predicted molar refractivity (Wildman–Crippen MR) is 81.8 cm³/mol. The number of carbonyl (C=O) groups excluding carboxylic acids is 2. The van der Waals surface area contributed by atoms with E-state index in [0.717, 1.165) is 5.56 Å². The van der Waals surface area contributed by atoms with E-state index < -0.39 is 0 Å². The van der Waals surface area contributed by atoms with E-state index in [0.29, 0.717) is 11.1 Å². The Morgan fingerprint density at radius 2 is 1.68 bits per heavy atom. The lowest BCUT2D eigenvalue weighted by molar-refractivity contribution is -0.120. The first-order valence-electron chi connectivity index (χ1n) is 6.92. The van der Waals surface area contributed by atoms with Crippen molar-refractivity contribution in [3.8, 4) is 0 Å². The third-order valence-corrected chi connectivity index (χ3v) is 3.23. The first kappa shape index (κ1) is 15.7. The molecule has 0 aliphatic heterocycles. The molecular formula is C17H17FN2O2. The van der Waals surface area contributed by atoms with Crippen molar-refractivity contribution in [3.63, 3.8) is 0 Å². The predicted octanol–water partition coefficient (Wildman–Crippen LogP) is 2.18. The highest BCUT2D eigenvalue weighted by Crippen LogP contribution is 2.06. The van der Waals surface area contributed by atoms with E-state index in [1.807, 2.05) is 19.1 Å². The summed E-state index contributed by atoms with van der Waals surface area (Å²) in [5.74, 6) is -1.05. The van der Waals surface area contributed by atoms with E-state index in [2.05, 4.69) is 10.6 Å². The molecule has 0 aliphatic rings. The normalized spacial score (nSPS) is 10.1. The fourth-order valence-corrected chi connectivity index (χ4v) is 1.98. The summed E-state index contributed by atoms with van der Waals surface area (Å²) in [4.78, 5) is 23.6. The van der Waals surface area contributed by atoms with Gasteiger partial charge in [-0.2, -0.15) is 0 Å². The SMILES string of the molecule is Cc1ccccc1C(=O)NCC(=O)NCc1ccccc1F. The number of hydrogen-bond donors (Lipinski definition) is 2. The Hall–Kier alpha value is -2.69. The van der Waals surface area contributed by atoms with Crippen LogP contribution in [0.3, 0.4) is 0 Å². The van der Waals surface area contributed by atoms with Gasteiger partial charge in [0.15, 0.2) is 0 Å². The van der Waals surface area contributed by atoms with Crippen molar-refractivity contribution in [2.75, 3.05) is 6.54 Å². The molecule has 2 amide bonds. The smallest absolute Gasteiger partial charge is 0.251 e. The molecule has 2 aromatic carbocycles. The van der Waals surface area contributed by atoms with Crippen LogP contribution < -0.4 is 10.6 Å². The highest BCUT2D eigenvalue weighted by atomic mass is 19.1. The zero-order chi connectivity index (χ0) is 15.9. The third kappa shape index (κ3) is 4.15. The highest BCUT2D eigenvalue weighted by molar-refractivity contribution is 5.97. The molecule has 0 radical (unpaired) electrons. The maximum atomic E-state index is 13.4. The fraction of sp³-hybridized carbons (Fsp3) is 0.176. The summed E-state index contributed by atoms with van der Waals surface area (Å²) in [5, 5.41) is 5.11. The summed E-state index contributed by atoms with van der Waals surface area (Å²) in [6.07, 6.45) is 0. The molecule has 0 unspecified atom stereocenters.